The second-order valence-electron chi connectivity index (χ2n) is 7.46. The first-order chi connectivity index (χ1) is 16.7. The van der Waals surface area contributed by atoms with Gasteiger partial charge in [-0.25, -0.2) is 18.6 Å². The fourth-order valence-corrected chi connectivity index (χ4v) is 3.38. The number of hydrogen-bond donors (Lipinski definition) is 4. The van der Waals surface area contributed by atoms with Crippen molar-refractivity contribution in [3.8, 4) is 17.6 Å². The predicted molar refractivity (Wildman–Crippen MR) is 125 cm³/mol. The summed E-state index contributed by atoms with van der Waals surface area (Å²) in [4.78, 5) is 15.5. The summed E-state index contributed by atoms with van der Waals surface area (Å²) >= 11 is 0. The third-order valence-corrected chi connectivity index (χ3v) is 5.08. The second kappa shape index (κ2) is 11.0. The molecule has 0 bridgehead atoms. The van der Waals surface area contributed by atoms with Crippen molar-refractivity contribution in [2.24, 2.45) is 0 Å². The van der Waals surface area contributed by atoms with E-state index in [1.54, 1.807) is 25.1 Å². The minimum Gasteiger partial charge on any atom is -0.497 e. The molecule has 9 nitrogen and oxygen atoms in total. The van der Waals surface area contributed by atoms with Gasteiger partial charge in [-0.3, -0.25) is 0 Å². The van der Waals surface area contributed by atoms with Crippen LogP contribution in [0, 0.1) is 23.0 Å². The van der Waals surface area contributed by atoms with Crippen LogP contribution < -0.4 is 25.4 Å². The number of anilines is 3. The van der Waals surface area contributed by atoms with E-state index in [4.69, 9.17) is 14.6 Å². The zero-order valence-electron chi connectivity index (χ0n) is 19.1. The molecule has 1 amide bonds. The van der Waals surface area contributed by atoms with Gasteiger partial charge in [-0.1, -0.05) is 12.1 Å². The molecule has 3 rings (SSSR count). The van der Waals surface area contributed by atoms with Crippen LogP contribution in [-0.2, 0) is 0 Å². The largest absolute Gasteiger partial charge is 0.497 e. The van der Waals surface area contributed by atoms with Crippen LogP contribution in [0.3, 0.4) is 0 Å². The molecule has 0 spiro atoms. The molecular formula is C24H23F2N5O4. The molecule has 2 aromatic carbocycles. The van der Waals surface area contributed by atoms with Gasteiger partial charge in [-0.2, -0.15) is 5.26 Å². The van der Waals surface area contributed by atoms with Gasteiger partial charge in [0, 0.05) is 23.9 Å². The summed E-state index contributed by atoms with van der Waals surface area (Å²) in [6.07, 6.45) is -1.28. The van der Waals surface area contributed by atoms with Crippen molar-refractivity contribution in [3.63, 3.8) is 0 Å². The third-order valence-electron chi connectivity index (χ3n) is 5.08. The maximum atomic E-state index is 14.9. The van der Waals surface area contributed by atoms with Crippen molar-refractivity contribution in [1.29, 1.82) is 5.26 Å². The van der Waals surface area contributed by atoms with Crippen LogP contribution >= 0.6 is 0 Å². The lowest BCUT2D eigenvalue weighted by atomic mass is 10.00. The van der Waals surface area contributed by atoms with Crippen molar-refractivity contribution in [2.45, 2.75) is 19.0 Å². The van der Waals surface area contributed by atoms with Crippen LogP contribution in [0.1, 0.15) is 24.1 Å². The Morgan fingerprint density at radius 3 is 2.23 bits per heavy atom. The van der Waals surface area contributed by atoms with E-state index in [2.05, 4.69) is 20.9 Å². The maximum Gasteiger partial charge on any atom is 0.404 e. The van der Waals surface area contributed by atoms with E-state index >= 15 is 0 Å². The lowest BCUT2D eigenvalue weighted by Gasteiger charge is -2.26. The number of carbonyl (C=O) groups is 1. The molecule has 0 saturated carbocycles. The van der Waals surface area contributed by atoms with Crippen LogP contribution in [0.5, 0.6) is 11.5 Å². The Hall–Kier alpha value is -4.59. The molecule has 35 heavy (non-hydrogen) atoms. The van der Waals surface area contributed by atoms with Crippen LogP contribution in [0.2, 0.25) is 0 Å². The Bertz CT molecular complexity index is 1230. The first-order valence-electron chi connectivity index (χ1n) is 10.4. The summed E-state index contributed by atoms with van der Waals surface area (Å²) in [5.74, 6) is -0.538. The fourth-order valence-electron chi connectivity index (χ4n) is 3.38. The Balaban J connectivity index is 2.00. The van der Waals surface area contributed by atoms with Gasteiger partial charge in [0.2, 0.25) is 0 Å². The molecule has 0 radical (unpaired) electrons. The lowest BCUT2D eigenvalue weighted by Crippen LogP contribution is -2.39. The van der Waals surface area contributed by atoms with Crippen LogP contribution in [0.25, 0.3) is 0 Å². The average molecular weight is 483 g/mol. The smallest absolute Gasteiger partial charge is 0.404 e. The quantitative estimate of drug-likeness (QED) is 0.342. The number of hydrogen-bond acceptors (Lipinski definition) is 7. The first-order valence-corrected chi connectivity index (χ1v) is 10.4. The van der Waals surface area contributed by atoms with Crippen LogP contribution in [0.15, 0.2) is 48.5 Å². The summed E-state index contributed by atoms with van der Waals surface area (Å²) in [6.45, 7) is 1.57. The molecule has 0 saturated heterocycles. The molecule has 3 aromatic rings. The van der Waals surface area contributed by atoms with Gasteiger partial charge in [-0.15, -0.1) is 0 Å². The normalized spacial score (nSPS) is 12.1. The highest BCUT2D eigenvalue weighted by Crippen LogP contribution is 2.31. The van der Waals surface area contributed by atoms with Crippen molar-refractivity contribution < 1.29 is 28.2 Å². The summed E-state index contributed by atoms with van der Waals surface area (Å²) in [7, 11) is 2.97. The number of nitrogens with one attached hydrogen (secondary N) is 3. The summed E-state index contributed by atoms with van der Waals surface area (Å²) in [5.41, 5.74) is 0.897. The van der Waals surface area contributed by atoms with Gasteiger partial charge >= 0.3 is 6.09 Å². The van der Waals surface area contributed by atoms with Crippen molar-refractivity contribution in [3.05, 3.63) is 71.3 Å². The SMILES string of the molecule is COc1cc(Nc2nc(N[C@@H](c3ccc(F)cc3)[C@H](C)NC(=O)O)c(F)cc2C#N)cc(OC)c1. The summed E-state index contributed by atoms with van der Waals surface area (Å²) < 4.78 is 38.8. The number of amides is 1. The van der Waals surface area contributed by atoms with E-state index in [-0.39, 0.29) is 17.2 Å². The lowest BCUT2D eigenvalue weighted by molar-refractivity contribution is 0.189. The first kappa shape index (κ1) is 25.0. The van der Waals surface area contributed by atoms with E-state index < -0.39 is 29.8 Å². The van der Waals surface area contributed by atoms with E-state index in [0.717, 1.165) is 6.07 Å². The van der Waals surface area contributed by atoms with E-state index in [0.29, 0.717) is 22.7 Å². The van der Waals surface area contributed by atoms with Crippen molar-refractivity contribution in [1.82, 2.24) is 10.3 Å². The zero-order chi connectivity index (χ0) is 25.5. The molecule has 1 heterocycles. The monoisotopic (exact) mass is 483 g/mol. The number of benzene rings is 2. The summed E-state index contributed by atoms with van der Waals surface area (Å²) in [5, 5.41) is 26.8. The Kier molecular flexibility index (Phi) is 7.88. The minimum absolute atomic E-state index is 0.0448. The fraction of sp³-hybridized carbons (Fsp3) is 0.208. The number of nitrogens with zero attached hydrogens (tertiary/aromatic N) is 2. The molecule has 1 aromatic heterocycles. The number of aromatic nitrogens is 1. The van der Waals surface area contributed by atoms with Gasteiger partial charge in [0.25, 0.3) is 0 Å². The Morgan fingerprint density at radius 2 is 1.69 bits per heavy atom. The molecule has 0 unspecified atom stereocenters. The Morgan fingerprint density at radius 1 is 1.06 bits per heavy atom. The summed E-state index contributed by atoms with van der Waals surface area (Å²) in [6, 6.07) is 11.6. The predicted octanol–water partition coefficient (Wildman–Crippen LogP) is 4.80. The highest BCUT2D eigenvalue weighted by molar-refractivity contribution is 5.68. The zero-order valence-corrected chi connectivity index (χ0v) is 19.1. The van der Waals surface area contributed by atoms with Crippen molar-refractivity contribution in [2.75, 3.05) is 24.9 Å². The number of pyridine rings is 1. The molecule has 4 N–H and O–H groups in total. The van der Waals surface area contributed by atoms with Gasteiger partial charge in [0.15, 0.2) is 17.5 Å². The second-order valence-corrected chi connectivity index (χ2v) is 7.46. The van der Waals surface area contributed by atoms with Gasteiger partial charge in [-0.05, 0) is 30.7 Å². The molecule has 11 heteroatoms. The molecule has 0 aliphatic heterocycles. The Labute approximate surface area is 200 Å². The number of carboxylic acid groups (broad SMARTS) is 1. The molecular weight excluding hydrogens is 460 g/mol. The molecule has 182 valence electrons. The topological polar surface area (TPSA) is 129 Å². The average Bonchev–Trinajstić information content (AvgIpc) is 2.83. The standard InChI is InChI=1S/C24H23F2N5O4/c1-13(28-24(32)33)21(14-4-6-16(25)7-5-14)30-23-20(26)8-15(12-27)22(31-23)29-17-9-18(34-2)11-19(10-17)35-3/h4-11,13,21,28H,1-3H3,(H,32,33)(H2,29,30,31)/t13-,21+/m0/s1. The maximum absolute atomic E-state index is 14.9. The number of ether oxygens (including phenoxy) is 2. The van der Waals surface area contributed by atoms with Crippen LogP contribution in [0.4, 0.5) is 30.9 Å². The van der Waals surface area contributed by atoms with E-state index in [9.17, 15) is 18.8 Å². The van der Waals surface area contributed by atoms with Gasteiger partial charge in [0.05, 0.1) is 31.9 Å². The van der Waals surface area contributed by atoms with Crippen molar-refractivity contribution >= 4 is 23.4 Å². The third kappa shape index (κ3) is 6.26. The van der Waals surface area contributed by atoms with Gasteiger partial charge in [0.1, 0.15) is 23.4 Å². The number of rotatable bonds is 9. The minimum atomic E-state index is -1.28. The molecule has 0 aliphatic carbocycles. The number of methoxy groups -OCH3 is 2. The highest BCUT2D eigenvalue weighted by Gasteiger charge is 2.24. The van der Waals surface area contributed by atoms with E-state index in [1.807, 2.05) is 6.07 Å². The van der Waals surface area contributed by atoms with Crippen LogP contribution in [-0.4, -0.2) is 36.4 Å². The van der Waals surface area contributed by atoms with Gasteiger partial charge < -0.3 is 30.5 Å². The number of halogens is 2. The number of nitriles is 1. The van der Waals surface area contributed by atoms with E-state index in [1.165, 1.54) is 38.5 Å². The molecule has 0 fully saturated rings. The molecule has 2 atom stereocenters. The highest BCUT2D eigenvalue weighted by atomic mass is 19.1. The molecule has 0 aliphatic rings.